The summed E-state index contributed by atoms with van der Waals surface area (Å²) in [6.45, 7) is 1.72. The topological polar surface area (TPSA) is 46.3 Å². The lowest BCUT2D eigenvalue weighted by Crippen LogP contribution is -2.44. The fraction of sp³-hybridized carbons (Fsp3) is 0.412. The lowest BCUT2D eigenvalue weighted by Gasteiger charge is -2.34. The third kappa shape index (κ3) is 3.29. The summed E-state index contributed by atoms with van der Waals surface area (Å²) in [5, 5.41) is 0. The van der Waals surface area contributed by atoms with Crippen LogP contribution in [-0.4, -0.2) is 35.1 Å². The van der Waals surface area contributed by atoms with E-state index in [0.29, 0.717) is 35.7 Å². The Hall–Kier alpha value is -2.31. The molecule has 7 heteroatoms. The van der Waals surface area contributed by atoms with Crippen LogP contribution in [0.3, 0.4) is 0 Å². The number of furan rings is 1. The van der Waals surface area contributed by atoms with Gasteiger partial charge < -0.3 is 9.32 Å². The predicted molar refractivity (Wildman–Crippen MR) is 81.4 cm³/mol. The van der Waals surface area contributed by atoms with Gasteiger partial charge in [-0.25, -0.2) is 4.98 Å². The molecule has 1 unspecified atom stereocenters. The average molecular weight is 338 g/mol. The van der Waals surface area contributed by atoms with Gasteiger partial charge in [0.25, 0.3) is 5.91 Å². The van der Waals surface area contributed by atoms with Gasteiger partial charge in [0, 0.05) is 13.1 Å². The Labute approximate surface area is 137 Å². The quantitative estimate of drug-likeness (QED) is 0.829. The van der Waals surface area contributed by atoms with Crippen LogP contribution in [0.1, 0.15) is 28.9 Å². The molecule has 3 heterocycles. The van der Waals surface area contributed by atoms with E-state index in [4.69, 9.17) is 4.42 Å². The lowest BCUT2D eigenvalue weighted by atomic mass is 9.96. The molecule has 24 heavy (non-hydrogen) atoms. The summed E-state index contributed by atoms with van der Waals surface area (Å²) in [5.41, 5.74) is 1.39. The van der Waals surface area contributed by atoms with Crippen molar-refractivity contribution in [2.75, 3.05) is 13.1 Å². The first-order chi connectivity index (χ1) is 11.4. The highest BCUT2D eigenvalue weighted by Gasteiger charge is 2.42. The highest BCUT2D eigenvalue weighted by Crippen LogP contribution is 2.33. The Bertz CT molecular complexity index is 726. The normalized spacial score (nSPS) is 18.7. The molecule has 0 radical (unpaired) electrons. The molecule has 0 saturated carbocycles. The number of alkyl halides is 3. The maximum Gasteiger partial charge on any atom is 0.393 e. The molecule has 1 fully saturated rings. The first-order valence-corrected chi connectivity index (χ1v) is 7.74. The number of rotatable bonds is 2. The Morgan fingerprint density at radius 1 is 1.33 bits per heavy atom. The highest BCUT2D eigenvalue weighted by molar-refractivity contribution is 5.95. The van der Waals surface area contributed by atoms with Gasteiger partial charge in [0.1, 0.15) is 5.69 Å². The Balaban J connectivity index is 1.80. The fourth-order valence-corrected chi connectivity index (χ4v) is 2.95. The van der Waals surface area contributed by atoms with Crippen LogP contribution in [0.25, 0.3) is 11.5 Å². The van der Waals surface area contributed by atoms with E-state index in [-0.39, 0.29) is 13.0 Å². The number of hydrogen-bond donors (Lipinski definition) is 0. The first kappa shape index (κ1) is 16.5. The number of aryl methyl sites for hydroxylation is 1. The SMILES string of the molecule is Cc1nc(-c2ccco2)ccc1C(=O)N1CCCC(C(F)(F)F)C1. The van der Waals surface area contributed by atoms with Gasteiger partial charge in [-0.2, -0.15) is 13.2 Å². The minimum Gasteiger partial charge on any atom is -0.463 e. The zero-order valence-electron chi connectivity index (χ0n) is 13.1. The zero-order chi connectivity index (χ0) is 17.3. The van der Waals surface area contributed by atoms with Crippen molar-refractivity contribution < 1.29 is 22.4 Å². The van der Waals surface area contributed by atoms with Crippen LogP contribution in [0.4, 0.5) is 13.2 Å². The number of nitrogens with zero attached hydrogens (tertiary/aromatic N) is 2. The monoisotopic (exact) mass is 338 g/mol. The number of pyridine rings is 1. The molecule has 1 atom stereocenters. The number of amides is 1. The standard InChI is InChI=1S/C17H17F3N2O2/c1-11-13(6-7-14(21-11)15-5-3-9-24-15)16(23)22-8-2-4-12(10-22)17(18,19)20/h3,5-7,9,12H,2,4,8,10H2,1H3. The molecule has 4 nitrogen and oxygen atoms in total. The number of hydrogen-bond acceptors (Lipinski definition) is 3. The van der Waals surface area contributed by atoms with Crippen molar-refractivity contribution in [2.45, 2.75) is 25.9 Å². The molecule has 0 aromatic carbocycles. The molecule has 0 spiro atoms. The number of likely N-dealkylation sites (tertiary alicyclic amines) is 1. The van der Waals surface area contributed by atoms with Crippen LogP contribution < -0.4 is 0 Å². The second kappa shape index (κ2) is 6.30. The van der Waals surface area contributed by atoms with Gasteiger partial charge in [0.05, 0.1) is 23.4 Å². The maximum absolute atomic E-state index is 12.9. The van der Waals surface area contributed by atoms with Crippen molar-refractivity contribution in [1.29, 1.82) is 0 Å². The second-order valence-corrected chi connectivity index (χ2v) is 5.94. The molecule has 3 rings (SSSR count). The van der Waals surface area contributed by atoms with E-state index >= 15 is 0 Å². The molecule has 128 valence electrons. The summed E-state index contributed by atoms with van der Waals surface area (Å²) in [4.78, 5) is 18.2. The van der Waals surface area contributed by atoms with Crippen molar-refractivity contribution in [3.63, 3.8) is 0 Å². The fourth-order valence-electron chi connectivity index (χ4n) is 2.95. The van der Waals surface area contributed by atoms with Gasteiger partial charge in [-0.15, -0.1) is 0 Å². The van der Waals surface area contributed by atoms with Crippen molar-refractivity contribution in [1.82, 2.24) is 9.88 Å². The molecule has 0 bridgehead atoms. The van der Waals surface area contributed by atoms with E-state index in [1.807, 2.05) is 0 Å². The average Bonchev–Trinajstić information content (AvgIpc) is 3.08. The maximum atomic E-state index is 12.9. The molecule has 1 saturated heterocycles. The third-order valence-electron chi connectivity index (χ3n) is 4.26. The molecular weight excluding hydrogens is 321 g/mol. The van der Waals surface area contributed by atoms with Gasteiger partial charge in [0.2, 0.25) is 0 Å². The molecule has 1 aliphatic rings. The van der Waals surface area contributed by atoms with E-state index < -0.39 is 18.0 Å². The van der Waals surface area contributed by atoms with Crippen molar-refractivity contribution in [3.05, 3.63) is 41.8 Å². The van der Waals surface area contributed by atoms with Crippen molar-refractivity contribution >= 4 is 5.91 Å². The molecule has 2 aromatic heterocycles. The number of carbonyl (C=O) groups excluding carboxylic acids is 1. The lowest BCUT2D eigenvalue weighted by molar-refractivity contribution is -0.184. The third-order valence-corrected chi connectivity index (χ3v) is 4.26. The summed E-state index contributed by atoms with van der Waals surface area (Å²) >= 11 is 0. The number of halogens is 3. The van der Waals surface area contributed by atoms with Crippen LogP contribution in [0.5, 0.6) is 0 Å². The predicted octanol–water partition coefficient (Wildman–Crippen LogP) is 4.06. The minimum atomic E-state index is -4.27. The van der Waals surface area contributed by atoms with Gasteiger partial charge in [-0.05, 0) is 44.0 Å². The van der Waals surface area contributed by atoms with Crippen molar-refractivity contribution in [3.8, 4) is 11.5 Å². The molecule has 2 aromatic rings. The number of piperidine rings is 1. The molecule has 1 amide bonds. The van der Waals surface area contributed by atoms with Gasteiger partial charge in [0.15, 0.2) is 5.76 Å². The molecule has 0 N–H and O–H groups in total. The Morgan fingerprint density at radius 2 is 2.12 bits per heavy atom. The molecule has 1 aliphatic heterocycles. The minimum absolute atomic E-state index is 0.0714. The molecular formula is C17H17F3N2O2. The first-order valence-electron chi connectivity index (χ1n) is 7.74. The van der Waals surface area contributed by atoms with E-state index in [2.05, 4.69) is 4.98 Å². The van der Waals surface area contributed by atoms with Crippen LogP contribution in [0.15, 0.2) is 34.9 Å². The van der Waals surface area contributed by atoms with E-state index in [1.165, 1.54) is 11.2 Å². The largest absolute Gasteiger partial charge is 0.463 e. The zero-order valence-corrected chi connectivity index (χ0v) is 13.1. The summed E-state index contributed by atoms with van der Waals surface area (Å²) < 4.78 is 44.0. The van der Waals surface area contributed by atoms with Gasteiger partial charge >= 0.3 is 6.18 Å². The number of carbonyl (C=O) groups is 1. The number of aromatic nitrogens is 1. The Kier molecular flexibility index (Phi) is 4.34. The van der Waals surface area contributed by atoms with E-state index in [9.17, 15) is 18.0 Å². The highest BCUT2D eigenvalue weighted by atomic mass is 19.4. The van der Waals surface area contributed by atoms with Crippen LogP contribution in [0, 0.1) is 12.8 Å². The second-order valence-electron chi connectivity index (χ2n) is 5.94. The van der Waals surface area contributed by atoms with E-state index in [0.717, 1.165) is 0 Å². The van der Waals surface area contributed by atoms with Crippen LogP contribution in [0.2, 0.25) is 0 Å². The van der Waals surface area contributed by atoms with Gasteiger partial charge in [-0.3, -0.25) is 4.79 Å². The van der Waals surface area contributed by atoms with E-state index in [1.54, 1.807) is 31.2 Å². The summed E-state index contributed by atoms with van der Waals surface area (Å²) in [5.74, 6) is -1.28. The van der Waals surface area contributed by atoms with Crippen LogP contribution >= 0.6 is 0 Å². The summed E-state index contributed by atoms with van der Waals surface area (Å²) in [6, 6.07) is 6.72. The van der Waals surface area contributed by atoms with Gasteiger partial charge in [-0.1, -0.05) is 0 Å². The molecule has 0 aliphatic carbocycles. The van der Waals surface area contributed by atoms with Crippen molar-refractivity contribution in [2.24, 2.45) is 5.92 Å². The summed E-state index contributed by atoms with van der Waals surface area (Å²) in [6.07, 6.45) is -2.32. The summed E-state index contributed by atoms with van der Waals surface area (Å²) in [7, 11) is 0. The Morgan fingerprint density at radius 3 is 2.75 bits per heavy atom. The van der Waals surface area contributed by atoms with Crippen LogP contribution in [-0.2, 0) is 0 Å². The smallest absolute Gasteiger partial charge is 0.393 e.